The molecule has 0 saturated carbocycles. The summed E-state index contributed by atoms with van der Waals surface area (Å²) in [5, 5.41) is 0. The van der Waals surface area contributed by atoms with Gasteiger partial charge in [0, 0.05) is 0 Å². The molecule has 0 aliphatic carbocycles. The lowest BCUT2D eigenvalue weighted by Gasteiger charge is -2.11. The Kier molecular flexibility index (Phi) is 34.0. The van der Waals surface area contributed by atoms with Crippen LogP contribution in [0.1, 0.15) is 233 Å². The van der Waals surface area contributed by atoms with Gasteiger partial charge in [0.15, 0.2) is 0 Å². The van der Waals surface area contributed by atoms with E-state index in [-0.39, 0.29) is 0 Å². The summed E-state index contributed by atoms with van der Waals surface area (Å²) in [6, 6.07) is 0. The third-order valence-electron chi connectivity index (χ3n) is 8.85. The molecule has 0 heteroatoms. The predicted molar refractivity (Wildman–Crippen MR) is 173 cm³/mol. The van der Waals surface area contributed by atoms with Crippen LogP contribution in [0.5, 0.6) is 0 Å². The molecule has 37 heavy (non-hydrogen) atoms. The van der Waals surface area contributed by atoms with Crippen LogP contribution in [0.4, 0.5) is 0 Å². The van der Waals surface area contributed by atoms with Crippen molar-refractivity contribution in [2.45, 2.75) is 233 Å². The van der Waals surface area contributed by atoms with Crippen molar-refractivity contribution >= 4 is 0 Å². The first-order valence-electron chi connectivity index (χ1n) is 18.3. The predicted octanol–water partition coefficient (Wildman–Crippen LogP) is 14.5. The Labute approximate surface area is 238 Å². The monoisotopic (exact) mass is 521 g/mol. The second-order valence-corrected chi connectivity index (χ2v) is 12.9. The van der Waals surface area contributed by atoms with Gasteiger partial charge in [0.05, 0.1) is 0 Å². The van der Waals surface area contributed by atoms with Gasteiger partial charge in [0.25, 0.3) is 0 Å². The van der Waals surface area contributed by atoms with Crippen molar-refractivity contribution in [1.82, 2.24) is 0 Å². The number of hydrogen-bond donors (Lipinski definition) is 0. The standard InChI is InChI=1S/C37H76/c1-4-6-8-10-12-14-16-18-19-20-21-22-23-24-26-28-30-32-34-36-37(3)35-33-31-29-27-25-17-15-13-11-9-7-5-2/h37H,4-36H2,1-3H3. The highest BCUT2D eigenvalue weighted by molar-refractivity contribution is 4.57. The molecule has 0 aliphatic heterocycles. The summed E-state index contributed by atoms with van der Waals surface area (Å²) in [5.74, 6) is 0.967. The highest BCUT2D eigenvalue weighted by Crippen LogP contribution is 2.20. The average molecular weight is 521 g/mol. The van der Waals surface area contributed by atoms with Crippen LogP contribution in [0.15, 0.2) is 0 Å². The average Bonchev–Trinajstić information content (AvgIpc) is 2.90. The first-order chi connectivity index (χ1) is 18.3. The minimum absolute atomic E-state index is 0.967. The SMILES string of the molecule is CCCCCCCCCCCCCCCCCCCCCC(C)CCCCCCCCCCCCCC. The molecule has 224 valence electrons. The fourth-order valence-corrected chi connectivity index (χ4v) is 6.05. The summed E-state index contributed by atoms with van der Waals surface area (Å²) >= 11 is 0. The van der Waals surface area contributed by atoms with Gasteiger partial charge in [-0.05, 0) is 5.92 Å². The lowest BCUT2D eigenvalue weighted by molar-refractivity contribution is 0.429. The van der Waals surface area contributed by atoms with E-state index in [1.165, 1.54) is 212 Å². The molecule has 0 radical (unpaired) electrons. The normalized spacial score (nSPS) is 12.4. The number of rotatable bonds is 33. The Hall–Kier alpha value is 0. The van der Waals surface area contributed by atoms with Gasteiger partial charge >= 0.3 is 0 Å². The number of unbranched alkanes of at least 4 members (excludes halogenated alkanes) is 29. The Morgan fingerprint density at radius 2 is 0.405 bits per heavy atom. The number of hydrogen-bond acceptors (Lipinski definition) is 0. The molecule has 0 aliphatic rings. The van der Waals surface area contributed by atoms with Crippen LogP contribution in [0.2, 0.25) is 0 Å². The van der Waals surface area contributed by atoms with Crippen molar-refractivity contribution in [2.75, 3.05) is 0 Å². The first-order valence-corrected chi connectivity index (χ1v) is 18.3. The van der Waals surface area contributed by atoms with Crippen LogP contribution in [0, 0.1) is 5.92 Å². The van der Waals surface area contributed by atoms with E-state index in [4.69, 9.17) is 0 Å². The maximum Gasteiger partial charge on any atom is -0.0443 e. The van der Waals surface area contributed by atoms with Gasteiger partial charge in [-0.25, -0.2) is 0 Å². The van der Waals surface area contributed by atoms with Gasteiger partial charge in [-0.2, -0.15) is 0 Å². The lowest BCUT2D eigenvalue weighted by Crippen LogP contribution is -1.95. The van der Waals surface area contributed by atoms with Crippen molar-refractivity contribution in [2.24, 2.45) is 5.92 Å². The fraction of sp³-hybridized carbons (Fsp3) is 1.00. The summed E-state index contributed by atoms with van der Waals surface area (Å²) in [4.78, 5) is 0. The second kappa shape index (κ2) is 34.0. The van der Waals surface area contributed by atoms with Gasteiger partial charge in [0.2, 0.25) is 0 Å². The van der Waals surface area contributed by atoms with Crippen molar-refractivity contribution < 1.29 is 0 Å². The molecule has 0 aromatic rings. The molecule has 0 fully saturated rings. The zero-order valence-electron chi connectivity index (χ0n) is 26.9. The van der Waals surface area contributed by atoms with Crippen LogP contribution in [-0.4, -0.2) is 0 Å². The highest BCUT2D eigenvalue weighted by Gasteiger charge is 2.02. The Balaban J connectivity index is 3.12. The van der Waals surface area contributed by atoms with Crippen molar-refractivity contribution in [3.8, 4) is 0 Å². The Morgan fingerprint density at radius 1 is 0.243 bits per heavy atom. The minimum Gasteiger partial charge on any atom is -0.0654 e. The first kappa shape index (κ1) is 37.0. The maximum atomic E-state index is 2.51. The van der Waals surface area contributed by atoms with E-state index in [1.54, 1.807) is 0 Å². The molecule has 0 nitrogen and oxygen atoms in total. The van der Waals surface area contributed by atoms with Crippen molar-refractivity contribution in [3.05, 3.63) is 0 Å². The van der Waals surface area contributed by atoms with E-state index >= 15 is 0 Å². The molecule has 0 amide bonds. The van der Waals surface area contributed by atoms with E-state index in [2.05, 4.69) is 20.8 Å². The summed E-state index contributed by atoms with van der Waals surface area (Å²) in [5.41, 5.74) is 0. The third kappa shape index (κ3) is 34.0. The van der Waals surface area contributed by atoms with E-state index in [0.717, 1.165) is 5.92 Å². The van der Waals surface area contributed by atoms with Crippen LogP contribution < -0.4 is 0 Å². The van der Waals surface area contributed by atoms with Gasteiger partial charge in [-0.15, -0.1) is 0 Å². The summed E-state index contributed by atoms with van der Waals surface area (Å²) < 4.78 is 0. The quantitative estimate of drug-likeness (QED) is 0.0754. The molecule has 0 heterocycles. The van der Waals surface area contributed by atoms with Gasteiger partial charge in [-0.1, -0.05) is 233 Å². The molecule has 0 saturated heterocycles. The molecule has 1 unspecified atom stereocenters. The minimum atomic E-state index is 0.967. The summed E-state index contributed by atoms with van der Waals surface area (Å²) in [6.07, 6.45) is 48.7. The van der Waals surface area contributed by atoms with Crippen LogP contribution in [0.3, 0.4) is 0 Å². The van der Waals surface area contributed by atoms with Gasteiger partial charge in [0.1, 0.15) is 0 Å². The van der Waals surface area contributed by atoms with Crippen LogP contribution >= 0.6 is 0 Å². The molecule has 0 N–H and O–H groups in total. The van der Waals surface area contributed by atoms with Gasteiger partial charge in [-0.3, -0.25) is 0 Å². The molecular formula is C37H76. The molecule has 0 aromatic carbocycles. The smallest absolute Gasteiger partial charge is 0.0443 e. The van der Waals surface area contributed by atoms with E-state index in [1.807, 2.05) is 0 Å². The Bertz CT molecular complexity index is 372. The van der Waals surface area contributed by atoms with Crippen molar-refractivity contribution in [1.29, 1.82) is 0 Å². The van der Waals surface area contributed by atoms with E-state index in [9.17, 15) is 0 Å². The van der Waals surface area contributed by atoms with Crippen molar-refractivity contribution in [3.63, 3.8) is 0 Å². The molecular weight excluding hydrogens is 444 g/mol. The summed E-state index contributed by atoms with van der Waals surface area (Å²) in [7, 11) is 0. The van der Waals surface area contributed by atoms with Gasteiger partial charge < -0.3 is 0 Å². The zero-order chi connectivity index (χ0) is 26.9. The highest BCUT2D eigenvalue weighted by atomic mass is 14.1. The Morgan fingerprint density at radius 3 is 0.595 bits per heavy atom. The topological polar surface area (TPSA) is 0 Å². The largest absolute Gasteiger partial charge is 0.0654 e. The lowest BCUT2D eigenvalue weighted by atomic mass is 9.95. The molecule has 1 atom stereocenters. The zero-order valence-corrected chi connectivity index (χ0v) is 26.9. The molecule has 0 spiro atoms. The van der Waals surface area contributed by atoms with Crippen LogP contribution in [-0.2, 0) is 0 Å². The molecule has 0 aromatic heterocycles. The summed E-state index contributed by atoms with van der Waals surface area (Å²) in [6.45, 7) is 7.12. The van der Waals surface area contributed by atoms with E-state index < -0.39 is 0 Å². The molecule has 0 bridgehead atoms. The third-order valence-corrected chi connectivity index (χ3v) is 8.85. The van der Waals surface area contributed by atoms with E-state index in [0.29, 0.717) is 0 Å². The fourth-order valence-electron chi connectivity index (χ4n) is 6.05. The molecule has 0 rings (SSSR count). The second-order valence-electron chi connectivity index (χ2n) is 12.9. The van der Waals surface area contributed by atoms with Crippen LogP contribution in [0.25, 0.3) is 0 Å². The maximum absolute atomic E-state index is 2.51.